The lowest BCUT2D eigenvalue weighted by Gasteiger charge is -2.06. The molecule has 0 aliphatic carbocycles. The molecule has 0 atom stereocenters. The van der Waals surface area contributed by atoms with Gasteiger partial charge >= 0.3 is 5.97 Å². The number of hydrogen-bond donors (Lipinski definition) is 1. The summed E-state index contributed by atoms with van der Waals surface area (Å²) in [6.45, 7) is 6.49. The molecule has 1 aromatic carbocycles. The lowest BCUT2D eigenvalue weighted by molar-refractivity contribution is 0.0689. The lowest BCUT2D eigenvalue weighted by atomic mass is 10.2. The molecule has 0 spiro atoms. The van der Waals surface area contributed by atoms with Crippen molar-refractivity contribution in [3.8, 4) is 0 Å². The highest BCUT2D eigenvalue weighted by atomic mass is 35.5. The number of hydrogen-bond acceptors (Lipinski definition) is 4. The number of carboxylic acids is 1. The monoisotopic (exact) mass is 349 g/mol. The van der Waals surface area contributed by atoms with Gasteiger partial charge in [-0.05, 0) is 25.1 Å². The molecule has 3 rings (SSSR count). The van der Waals surface area contributed by atoms with Crippen LogP contribution in [0.1, 0.15) is 46.5 Å². The number of carbonyl (C=O) groups is 1. The molecule has 7 heteroatoms. The van der Waals surface area contributed by atoms with Crippen LogP contribution in [0, 0.1) is 6.92 Å². The first kappa shape index (κ1) is 16.0. The molecule has 0 amide bonds. The minimum atomic E-state index is -1.03. The molecular formula is C16H16ClN3O2S. The Kier molecular flexibility index (Phi) is 4.12. The number of aryl methyl sites for hydroxylation is 1. The van der Waals surface area contributed by atoms with E-state index in [0.29, 0.717) is 17.5 Å². The molecule has 1 N–H and O–H groups in total. The summed E-state index contributed by atoms with van der Waals surface area (Å²) < 4.78 is 2.71. The number of carboxylic acid groups (broad SMARTS) is 1. The van der Waals surface area contributed by atoms with Gasteiger partial charge in [0, 0.05) is 22.2 Å². The van der Waals surface area contributed by atoms with Crippen molar-refractivity contribution in [3.63, 3.8) is 0 Å². The zero-order valence-corrected chi connectivity index (χ0v) is 14.6. The van der Waals surface area contributed by atoms with Crippen LogP contribution in [0.25, 0.3) is 10.2 Å². The fourth-order valence-corrected chi connectivity index (χ4v) is 3.74. The Hall–Kier alpha value is -1.92. The van der Waals surface area contributed by atoms with Gasteiger partial charge in [-0.1, -0.05) is 25.4 Å². The maximum atomic E-state index is 11.1. The largest absolute Gasteiger partial charge is 0.476 e. The molecule has 0 saturated heterocycles. The Balaban J connectivity index is 2.07. The SMILES string of the molecule is Cc1cc(C(=O)O)nn1Cc1cc(Cl)cc2sc(C(C)C)nc12. The molecule has 2 aromatic heterocycles. The average molecular weight is 350 g/mol. The minimum absolute atomic E-state index is 0.0434. The summed E-state index contributed by atoms with van der Waals surface area (Å²) in [5.74, 6) is -0.678. The third-order valence-corrected chi connectivity index (χ3v) is 5.09. The number of rotatable bonds is 4. The first-order valence-electron chi connectivity index (χ1n) is 7.21. The van der Waals surface area contributed by atoms with E-state index in [0.717, 1.165) is 26.5 Å². The van der Waals surface area contributed by atoms with Gasteiger partial charge in [0.05, 0.1) is 21.8 Å². The van der Waals surface area contributed by atoms with Crippen molar-refractivity contribution >= 4 is 39.1 Å². The maximum absolute atomic E-state index is 11.1. The molecule has 0 fully saturated rings. The summed E-state index contributed by atoms with van der Waals surface area (Å²) in [7, 11) is 0. The van der Waals surface area contributed by atoms with Gasteiger partial charge < -0.3 is 5.11 Å². The molecule has 0 aliphatic heterocycles. The van der Waals surface area contributed by atoms with Gasteiger partial charge in [0.2, 0.25) is 0 Å². The summed E-state index contributed by atoms with van der Waals surface area (Å²) in [6, 6.07) is 5.35. The summed E-state index contributed by atoms with van der Waals surface area (Å²) in [4.78, 5) is 15.8. The van der Waals surface area contributed by atoms with Crippen molar-refractivity contribution in [1.82, 2.24) is 14.8 Å². The molecule has 0 aliphatic rings. The molecule has 23 heavy (non-hydrogen) atoms. The molecule has 5 nitrogen and oxygen atoms in total. The third-order valence-electron chi connectivity index (χ3n) is 3.57. The number of aromatic nitrogens is 3. The third kappa shape index (κ3) is 3.09. The Morgan fingerprint density at radius 3 is 2.74 bits per heavy atom. The molecular weight excluding hydrogens is 334 g/mol. The zero-order valence-electron chi connectivity index (χ0n) is 13.0. The summed E-state index contributed by atoms with van der Waals surface area (Å²) in [6.07, 6.45) is 0. The second-order valence-corrected chi connectivity index (χ2v) is 7.25. The van der Waals surface area contributed by atoms with Crippen molar-refractivity contribution in [3.05, 3.63) is 45.2 Å². The molecule has 0 radical (unpaired) electrons. The van der Waals surface area contributed by atoms with Crippen molar-refractivity contribution in [1.29, 1.82) is 0 Å². The first-order chi connectivity index (χ1) is 10.8. The van der Waals surface area contributed by atoms with E-state index in [2.05, 4.69) is 18.9 Å². The summed E-state index contributed by atoms with van der Waals surface area (Å²) in [5.41, 5.74) is 2.69. The van der Waals surface area contributed by atoms with Gasteiger partial charge in [-0.15, -0.1) is 11.3 Å². The highest BCUT2D eigenvalue weighted by molar-refractivity contribution is 7.18. The molecule has 0 unspecified atom stereocenters. The van der Waals surface area contributed by atoms with Crippen LogP contribution >= 0.6 is 22.9 Å². The van der Waals surface area contributed by atoms with E-state index < -0.39 is 5.97 Å². The molecule has 120 valence electrons. The van der Waals surface area contributed by atoms with Gasteiger partial charge in [-0.2, -0.15) is 5.10 Å². The van der Waals surface area contributed by atoms with Gasteiger partial charge in [-0.25, -0.2) is 9.78 Å². The molecule has 0 bridgehead atoms. The van der Waals surface area contributed by atoms with E-state index in [-0.39, 0.29) is 5.69 Å². The number of aromatic carboxylic acids is 1. The fraction of sp³-hybridized carbons (Fsp3) is 0.312. The Morgan fingerprint density at radius 1 is 1.39 bits per heavy atom. The van der Waals surface area contributed by atoms with Crippen molar-refractivity contribution in [2.75, 3.05) is 0 Å². The first-order valence-corrected chi connectivity index (χ1v) is 8.41. The topological polar surface area (TPSA) is 68.0 Å². The molecule has 0 saturated carbocycles. The van der Waals surface area contributed by atoms with E-state index in [1.165, 1.54) is 0 Å². The van der Waals surface area contributed by atoms with Crippen LogP contribution < -0.4 is 0 Å². The molecule has 3 aromatic rings. The lowest BCUT2D eigenvalue weighted by Crippen LogP contribution is -2.06. The predicted molar refractivity (Wildman–Crippen MR) is 91.7 cm³/mol. The Labute approximate surface area is 142 Å². The number of halogens is 1. The second-order valence-electron chi connectivity index (χ2n) is 5.75. The number of fused-ring (bicyclic) bond motifs is 1. The van der Waals surface area contributed by atoms with Crippen LogP contribution in [-0.4, -0.2) is 25.8 Å². The van der Waals surface area contributed by atoms with Crippen LogP contribution in [0.15, 0.2) is 18.2 Å². The van der Waals surface area contributed by atoms with Crippen LogP contribution in [0.3, 0.4) is 0 Å². The van der Waals surface area contributed by atoms with E-state index in [4.69, 9.17) is 21.7 Å². The van der Waals surface area contributed by atoms with Gasteiger partial charge in [0.1, 0.15) is 0 Å². The van der Waals surface area contributed by atoms with Crippen LogP contribution in [0.5, 0.6) is 0 Å². The maximum Gasteiger partial charge on any atom is 0.356 e. The van der Waals surface area contributed by atoms with E-state index >= 15 is 0 Å². The van der Waals surface area contributed by atoms with Crippen LogP contribution in [-0.2, 0) is 6.54 Å². The predicted octanol–water partition coefficient (Wildman–Crippen LogP) is 4.32. The summed E-state index contributed by atoms with van der Waals surface area (Å²) >= 11 is 7.87. The van der Waals surface area contributed by atoms with Crippen molar-refractivity contribution in [2.45, 2.75) is 33.2 Å². The van der Waals surface area contributed by atoms with Gasteiger partial charge in [-0.3, -0.25) is 4.68 Å². The fourth-order valence-electron chi connectivity index (χ4n) is 2.38. The quantitative estimate of drug-likeness (QED) is 0.761. The number of benzene rings is 1. The molecule has 2 heterocycles. The average Bonchev–Trinajstić information content (AvgIpc) is 3.03. The zero-order chi connectivity index (χ0) is 16.7. The van der Waals surface area contributed by atoms with Crippen LogP contribution in [0.4, 0.5) is 0 Å². The second kappa shape index (κ2) is 5.94. The highest BCUT2D eigenvalue weighted by Crippen LogP contribution is 2.32. The standard InChI is InChI=1S/C16H16ClN3O2S/c1-8(2)15-18-14-10(5-11(17)6-13(14)23-15)7-20-9(3)4-12(19-20)16(21)22/h4-6,8H,7H2,1-3H3,(H,21,22). The smallest absolute Gasteiger partial charge is 0.356 e. The van der Waals surface area contributed by atoms with Crippen LogP contribution in [0.2, 0.25) is 5.02 Å². The number of nitrogens with zero attached hydrogens (tertiary/aromatic N) is 3. The Morgan fingerprint density at radius 2 is 2.13 bits per heavy atom. The van der Waals surface area contributed by atoms with Crippen molar-refractivity contribution in [2.24, 2.45) is 0 Å². The van der Waals surface area contributed by atoms with Gasteiger partial charge in [0.15, 0.2) is 5.69 Å². The van der Waals surface area contributed by atoms with Gasteiger partial charge in [0.25, 0.3) is 0 Å². The van der Waals surface area contributed by atoms with E-state index in [1.54, 1.807) is 22.1 Å². The van der Waals surface area contributed by atoms with E-state index in [9.17, 15) is 4.79 Å². The summed E-state index contributed by atoms with van der Waals surface area (Å²) in [5, 5.41) is 14.9. The number of thiazole rings is 1. The minimum Gasteiger partial charge on any atom is -0.476 e. The highest BCUT2D eigenvalue weighted by Gasteiger charge is 2.15. The Bertz CT molecular complexity index is 898. The normalized spacial score (nSPS) is 11.5. The van der Waals surface area contributed by atoms with Crippen molar-refractivity contribution < 1.29 is 9.90 Å². The van der Waals surface area contributed by atoms with E-state index in [1.807, 2.05) is 19.1 Å².